The van der Waals surface area contributed by atoms with Crippen LogP contribution in [-0.2, 0) is 0 Å². The molecule has 2 fully saturated rings. The number of likely N-dealkylation sites (tertiary alicyclic amines) is 1. The topological polar surface area (TPSA) is 39.1 Å². The summed E-state index contributed by atoms with van der Waals surface area (Å²) in [5, 5.41) is 12.8. The van der Waals surface area contributed by atoms with Crippen LogP contribution in [0, 0.1) is 23.2 Å². The summed E-state index contributed by atoms with van der Waals surface area (Å²) < 4.78 is 0. The molecule has 2 unspecified atom stereocenters. The second-order valence-corrected chi connectivity index (χ2v) is 6.03. The SMILES string of the molecule is CNC(C#N)(CN1CCCC1C(C)C)C1CC1. The predicted octanol–water partition coefficient (Wildman–Crippen LogP) is 2.00. The Morgan fingerprint density at radius 3 is 2.59 bits per heavy atom. The molecule has 0 aromatic carbocycles. The van der Waals surface area contributed by atoms with Crippen LogP contribution in [-0.4, -0.2) is 36.6 Å². The van der Waals surface area contributed by atoms with Crippen LogP contribution in [0.4, 0.5) is 0 Å². The van der Waals surface area contributed by atoms with Crippen molar-refractivity contribution < 1.29 is 0 Å². The van der Waals surface area contributed by atoms with Crippen molar-refractivity contribution in [2.24, 2.45) is 11.8 Å². The van der Waals surface area contributed by atoms with Crippen LogP contribution >= 0.6 is 0 Å². The van der Waals surface area contributed by atoms with Gasteiger partial charge >= 0.3 is 0 Å². The minimum Gasteiger partial charge on any atom is -0.301 e. The summed E-state index contributed by atoms with van der Waals surface area (Å²) >= 11 is 0. The van der Waals surface area contributed by atoms with Gasteiger partial charge in [-0.1, -0.05) is 13.8 Å². The fraction of sp³-hybridized carbons (Fsp3) is 0.929. The van der Waals surface area contributed by atoms with Gasteiger partial charge in [-0.2, -0.15) is 5.26 Å². The fourth-order valence-corrected chi connectivity index (χ4v) is 3.29. The van der Waals surface area contributed by atoms with E-state index in [1.54, 1.807) is 0 Å². The minimum atomic E-state index is -0.294. The van der Waals surface area contributed by atoms with Crippen molar-refractivity contribution >= 4 is 0 Å². The smallest absolute Gasteiger partial charge is 0.122 e. The van der Waals surface area contributed by atoms with Crippen molar-refractivity contribution in [1.82, 2.24) is 10.2 Å². The standard InChI is InChI=1S/C14H25N3/c1-11(2)13-5-4-8-17(13)10-14(9-15,16-3)12-6-7-12/h11-13,16H,4-8,10H2,1-3H3. The second kappa shape index (κ2) is 4.96. The van der Waals surface area contributed by atoms with Crippen LogP contribution in [0.1, 0.15) is 39.5 Å². The number of nitrogens with one attached hydrogen (secondary N) is 1. The largest absolute Gasteiger partial charge is 0.301 e. The molecule has 3 heteroatoms. The van der Waals surface area contributed by atoms with Crippen molar-refractivity contribution in [3.63, 3.8) is 0 Å². The van der Waals surface area contributed by atoms with E-state index >= 15 is 0 Å². The van der Waals surface area contributed by atoms with E-state index in [9.17, 15) is 5.26 Å². The van der Waals surface area contributed by atoms with E-state index in [2.05, 4.69) is 30.1 Å². The Kier molecular flexibility index (Phi) is 3.75. The van der Waals surface area contributed by atoms with Crippen molar-refractivity contribution in [1.29, 1.82) is 5.26 Å². The van der Waals surface area contributed by atoms with E-state index in [4.69, 9.17) is 0 Å². The molecule has 17 heavy (non-hydrogen) atoms. The van der Waals surface area contributed by atoms with Gasteiger partial charge in [0.15, 0.2) is 0 Å². The maximum atomic E-state index is 9.53. The highest BCUT2D eigenvalue weighted by atomic mass is 15.2. The number of nitriles is 1. The highest BCUT2D eigenvalue weighted by Gasteiger charge is 2.47. The lowest BCUT2D eigenvalue weighted by Gasteiger charge is -2.35. The molecule has 1 heterocycles. The van der Waals surface area contributed by atoms with E-state index < -0.39 is 0 Å². The lowest BCUT2D eigenvalue weighted by molar-refractivity contribution is 0.158. The molecule has 0 aromatic heterocycles. The quantitative estimate of drug-likeness (QED) is 0.792. The van der Waals surface area contributed by atoms with Gasteiger partial charge in [0.2, 0.25) is 0 Å². The summed E-state index contributed by atoms with van der Waals surface area (Å²) in [6.07, 6.45) is 5.02. The van der Waals surface area contributed by atoms with Gasteiger partial charge in [0.25, 0.3) is 0 Å². The summed E-state index contributed by atoms with van der Waals surface area (Å²) in [5.74, 6) is 1.27. The number of nitrogens with zero attached hydrogens (tertiary/aromatic N) is 2. The van der Waals surface area contributed by atoms with E-state index in [1.165, 1.54) is 32.2 Å². The summed E-state index contributed by atoms with van der Waals surface area (Å²) in [6, 6.07) is 3.24. The molecule has 1 aliphatic carbocycles. The molecule has 1 aliphatic heterocycles. The highest BCUT2D eigenvalue weighted by Crippen LogP contribution is 2.40. The van der Waals surface area contributed by atoms with Crippen molar-refractivity contribution in [2.75, 3.05) is 20.1 Å². The van der Waals surface area contributed by atoms with Crippen LogP contribution in [0.3, 0.4) is 0 Å². The van der Waals surface area contributed by atoms with Crippen LogP contribution in [0.5, 0.6) is 0 Å². The van der Waals surface area contributed by atoms with Gasteiger partial charge in [0.1, 0.15) is 5.54 Å². The van der Waals surface area contributed by atoms with Gasteiger partial charge in [0, 0.05) is 12.6 Å². The van der Waals surface area contributed by atoms with Gasteiger partial charge in [0.05, 0.1) is 6.07 Å². The van der Waals surface area contributed by atoms with Gasteiger partial charge in [-0.05, 0) is 51.1 Å². The van der Waals surface area contributed by atoms with Crippen LogP contribution < -0.4 is 5.32 Å². The Labute approximate surface area is 105 Å². The van der Waals surface area contributed by atoms with Gasteiger partial charge in [-0.3, -0.25) is 4.90 Å². The first-order chi connectivity index (χ1) is 8.13. The minimum absolute atomic E-state index is 0.294. The Morgan fingerprint density at radius 1 is 1.41 bits per heavy atom. The van der Waals surface area contributed by atoms with Gasteiger partial charge in [-0.15, -0.1) is 0 Å². The van der Waals surface area contributed by atoms with E-state index in [1.807, 2.05) is 7.05 Å². The average molecular weight is 235 g/mol. The fourth-order valence-electron chi connectivity index (χ4n) is 3.29. The number of rotatable bonds is 5. The van der Waals surface area contributed by atoms with Crippen LogP contribution in [0.25, 0.3) is 0 Å². The normalized spacial score (nSPS) is 29.2. The monoisotopic (exact) mass is 235 g/mol. The Bertz CT molecular complexity index is 303. The lowest BCUT2D eigenvalue weighted by atomic mass is 9.93. The molecule has 1 saturated carbocycles. The molecule has 96 valence electrons. The molecule has 0 aromatic rings. The molecular weight excluding hydrogens is 210 g/mol. The lowest BCUT2D eigenvalue weighted by Crippen LogP contribution is -2.54. The third-order valence-electron chi connectivity index (χ3n) is 4.56. The Balaban J connectivity index is 2.05. The van der Waals surface area contributed by atoms with Crippen molar-refractivity contribution in [3.8, 4) is 6.07 Å². The average Bonchev–Trinajstić information content (AvgIpc) is 3.06. The summed E-state index contributed by atoms with van der Waals surface area (Å²) in [5.41, 5.74) is -0.294. The molecule has 0 spiro atoms. The molecule has 0 bridgehead atoms. The molecule has 0 amide bonds. The zero-order chi connectivity index (χ0) is 12.5. The third-order valence-corrected chi connectivity index (χ3v) is 4.56. The van der Waals surface area contributed by atoms with E-state index in [-0.39, 0.29) is 5.54 Å². The first-order valence-corrected chi connectivity index (χ1v) is 6.97. The first kappa shape index (κ1) is 12.9. The zero-order valence-electron chi connectivity index (χ0n) is 11.4. The van der Waals surface area contributed by atoms with E-state index in [0.29, 0.717) is 17.9 Å². The molecule has 3 nitrogen and oxygen atoms in total. The van der Waals surface area contributed by atoms with Gasteiger partial charge in [-0.25, -0.2) is 0 Å². The third kappa shape index (κ3) is 2.48. The number of hydrogen-bond acceptors (Lipinski definition) is 3. The maximum absolute atomic E-state index is 9.53. The van der Waals surface area contributed by atoms with Crippen LogP contribution in [0.15, 0.2) is 0 Å². The molecule has 0 radical (unpaired) electrons. The number of likely N-dealkylation sites (N-methyl/N-ethyl adjacent to an activating group) is 1. The maximum Gasteiger partial charge on any atom is 0.122 e. The van der Waals surface area contributed by atoms with Crippen LogP contribution in [0.2, 0.25) is 0 Å². The Hall–Kier alpha value is -0.590. The molecule has 2 atom stereocenters. The first-order valence-electron chi connectivity index (χ1n) is 6.97. The molecule has 2 rings (SSSR count). The number of hydrogen-bond donors (Lipinski definition) is 1. The summed E-state index contributed by atoms with van der Waals surface area (Å²) in [7, 11) is 1.95. The molecule has 1 N–H and O–H groups in total. The van der Waals surface area contributed by atoms with Gasteiger partial charge < -0.3 is 5.32 Å². The highest BCUT2D eigenvalue weighted by molar-refractivity contribution is 5.16. The van der Waals surface area contributed by atoms with E-state index in [0.717, 1.165) is 6.54 Å². The molecule has 2 aliphatic rings. The zero-order valence-corrected chi connectivity index (χ0v) is 11.4. The molecule has 1 saturated heterocycles. The van der Waals surface area contributed by atoms with Crippen molar-refractivity contribution in [3.05, 3.63) is 0 Å². The molecular formula is C14H25N3. The summed E-state index contributed by atoms with van der Waals surface area (Å²) in [6.45, 7) is 6.68. The van der Waals surface area contributed by atoms with Crippen molar-refractivity contribution in [2.45, 2.75) is 51.1 Å². The Morgan fingerprint density at radius 2 is 2.12 bits per heavy atom. The summed E-state index contributed by atoms with van der Waals surface area (Å²) in [4.78, 5) is 2.54. The predicted molar refractivity (Wildman–Crippen MR) is 69.6 cm³/mol. The second-order valence-electron chi connectivity index (χ2n) is 6.03.